The topological polar surface area (TPSA) is 90.4 Å². The van der Waals surface area contributed by atoms with E-state index < -0.39 is 4.92 Å². The zero-order valence-corrected chi connectivity index (χ0v) is 10.8. The van der Waals surface area contributed by atoms with Crippen LogP contribution in [0.4, 0.5) is 11.7 Å². The van der Waals surface area contributed by atoms with Gasteiger partial charge in [0.1, 0.15) is 5.52 Å². The highest BCUT2D eigenvalue weighted by Gasteiger charge is 2.14. The van der Waals surface area contributed by atoms with E-state index in [1.807, 2.05) is 6.92 Å². The molecule has 0 spiro atoms. The molecule has 19 heavy (non-hydrogen) atoms. The lowest BCUT2D eigenvalue weighted by atomic mass is 10.2. The molecule has 2 aromatic rings. The SMILES string of the molecule is CCC(COC)Nc1nc2ccc([N+](=O)[O-])cc2o1. The van der Waals surface area contributed by atoms with Crippen LogP contribution in [0, 0.1) is 10.1 Å². The van der Waals surface area contributed by atoms with Crippen LogP contribution in [0.5, 0.6) is 0 Å². The molecule has 1 heterocycles. The third-order valence-corrected chi connectivity index (χ3v) is 2.77. The largest absolute Gasteiger partial charge is 0.423 e. The van der Waals surface area contributed by atoms with Crippen molar-refractivity contribution < 1.29 is 14.1 Å². The maximum absolute atomic E-state index is 10.7. The summed E-state index contributed by atoms with van der Waals surface area (Å²) in [6.07, 6.45) is 0.854. The fourth-order valence-electron chi connectivity index (χ4n) is 1.73. The van der Waals surface area contributed by atoms with Crippen molar-refractivity contribution in [3.8, 4) is 0 Å². The lowest BCUT2D eigenvalue weighted by Crippen LogP contribution is -2.23. The lowest BCUT2D eigenvalue weighted by Gasteiger charge is -2.13. The Morgan fingerprint density at radius 2 is 2.37 bits per heavy atom. The number of nitrogens with one attached hydrogen (secondary N) is 1. The molecule has 0 aliphatic heterocycles. The monoisotopic (exact) mass is 265 g/mol. The van der Waals surface area contributed by atoms with Crippen molar-refractivity contribution in [1.29, 1.82) is 0 Å². The molecule has 0 bridgehead atoms. The predicted molar refractivity (Wildman–Crippen MR) is 70.2 cm³/mol. The number of non-ortho nitro benzene ring substituents is 1. The third kappa shape index (κ3) is 3.00. The molecule has 1 aromatic heterocycles. The summed E-state index contributed by atoms with van der Waals surface area (Å²) < 4.78 is 10.5. The highest BCUT2D eigenvalue weighted by molar-refractivity contribution is 5.77. The van der Waals surface area contributed by atoms with Crippen molar-refractivity contribution in [2.45, 2.75) is 19.4 Å². The van der Waals surface area contributed by atoms with E-state index in [0.717, 1.165) is 6.42 Å². The second-order valence-corrected chi connectivity index (χ2v) is 4.13. The number of methoxy groups -OCH3 is 1. The number of fused-ring (bicyclic) bond motifs is 1. The van der Waals surface area contributed by atoms with E-state index >= 15 is 0 Å². The van der Waals surface area contributed by atoms with Crippen molar-refractivity contribution >= 4 is 22.8 Å². The number of ether oxygens (including phenoxy) is 1. The van der Waals surface area contributed by atoms with Crippen molar-refractivity contribution in [2.24, 2.45) is 0 Å². The number of nitro groups is 1. The van der Waals surface area contributed by atoms with Crippen LogP contribution in [-0.2, 0) is 4.74 Å². The Kier molecular flexibility index (Phi) is 3.96. The van der Waals surface area contributed by atoms with Crippen LogP contribution in [0.2, 0.25) is 0 Å². The van der Waals surface area contributed by atoms with Gasteiger partial charge in [0, 0.05) is 13.2 Å². The fraction of sp³-hybridized carbons (Fsp3) is 0.417. The van der Waals surface area contributed by atoms with Crippen molar-refractivity contribution in [2.75, 3.05) is 19.0 Å². The van der Waals surface area contributed by atoms with E-state index in [9.17, 15) is 10.1 Å². The molecule has 1 unspecified atom stereocenters. The minimum Gasteiger partial charge on any atom is -0.423 e. The number of aromatic nitrogens is 1. The molecule has 1 aromatic carbocycles. The van der Waals surface area contributed by atoms with Gasteiger partial charge in [0.15, 0.2) is 5.58 Å². The summed E-state index contributed by atoms with van der Waals surface area (Å²) in [4.78, 5) is 14.4. The first-order chi connectivity index (χ1) is 9.13. The molecule has 0 saturated heterocycles. The summed E-state index contributed by atoms with van der Waals surface area (Å²) in [5.41, 5.74) is 0.962. The molecule has 0 aliphatic carbocycles. The summed E-state index contributed by atoms with van der Waals surface area (Å²) >= 11 is 0. The van der Waals surface area contributed by atoms with Gasteiger partial charge >= 0.3 is 0 Å². The van der Waals surface area contributed by atoms with Crippen molar-refractivity contribution in [3.05, 3.63) is 28.3 Å². The summed E-state index contributed by atoms with van der Waals surface area (Å²) in [7, 11) is 1.62. The number of rotatable bonds is 6. The van der Waals surface area contributed by atoms with E-state index in [2.05, 4.69) is 10.3 Å². The quantitative estimate of drug-likeness (QED) is 0.637. The zero-order chi connectivity index (χ0) is 13.8. The molecule has 1 atom stereocenters. The number of nitrogens with zero attached hydrogens (tertiary/aromatic N) is 2. The molecule has 2 rings (SSSR count). The lowest BCUT2D eigenvalue weighted by molar-refractivity contribution is -0.384. The number of benzene rings is 1. The summed E-state index contributed by atoms with van der Waals surface area (Å²) in [5, 5.41) is 13.8. The third-order valence-electron chi connectivity index (χ3n) is 2.77. The van der Waals surface area contributed by atoms with Gasteiger partial charge in [-0.05, 0) is 12.5 Å². The standard InChI is InChI=1S/C12H15N3O4/c1-3-8(7-18-2)13-12-14-10-5-4-9(15(16)17)6-11(10)19-12/h4-6,8H,3,7H2,1-2H3,(H,13,14). The molecule has 0 saturated carbocycles. The first-order valence-corrected chi connectivity index (χ1v) is 5.94. The van der Waals surface area contributed by atoms with Gasteiger partial charge in [-0.2, -0.15) is 4.98 Å². The molecule has 0 aliphatic rings. The second-order valence-electron chi connectivity index (χ2n) is 4.13. The van der Waals surface area contributed by atoms with E-state index in [-0.39, 0.29) is 11.7 Å². The zero-order valence-electron chi connectivity index (χ0n) is 10.8. The minimum absolute atomic E-state index is 0.0147. The Morgan fingerprint density at radius 1 is 1.58 bits per heavy atom. The number of anilines is 1. The Balaban J connectivity index is 2.23. The van der Waals surface area contributed by atoms with E-state index in [1.165, 1.54) is 12.1 Å². The van der Waals surface area contributed by atoms with Gasteiger partial charge in [-0.15, -0.1) is 0 Å². The van der Waals surface area contributed by atoms with E-state index in [0.29, 0.717) is 23.7 Å². The van der Waals surface area contributed by atoms with Crippen LogP contribution in [0.25, 0.3) is 11.1 Å². The number of nitro benzene ring substituents is 1. The molecule has 1 N–H and O–H groups in total. The van der Waals surface area contributed by atoms with Crippen molar-refractivity contribution in [1.82, 2.24) is 4.98 Å². The smallest absolute Gasteiger partial charge is 0.295 e. The fourth-order valence-corrected chi connectivity index (χ4v) is 1.73. The summed E-state index contributed by atoms with van der Waals surface area (Å²) in [5.74, 6) is 0. The van der Waals surface area contributed by atoms with Gasteiger partial charge in [0.2, 0.25) is 0 Å². The first kappa shape index (κ1) is 13.3. The van der Waals surface area contributed by atoms with Crippen LogP contribution < -0.4 is 5.32 Å². The summed E-state index contributed by atoms with van der Waals surface area (Å²) in [6, 6.07) is 4.78. The van der Waals surface area contributed by atoms with Gasteiger partial charge in [0.05, 0.1) is 23.6 Å². The molecular weight excluding hydrogens is 250 g/mol. The van der Waals surface area contributed by atoms with Crippen LogP contribution in [-0.4, -0.2) is 29.7 Å². The maximum atomic E-state index is 10.7. The Labute approximate surface area is 109 Å². The van der Waals surface area contributed by atoms with Gasteiger partial charge in [-0.3, -0.25) is 10.1 Å². The number of oxazole rings is 1. The number of hydrogen-bond donors (Lipinski definition) is 1. The van der Waals surface area contributed by atoms with Gasteiger partial charge in [0.25, 0.3) is 11.7 Å². The van der Waals surface area contributed by atoms with Gasteiger partial charge in [-0.25, -0.2) is 0 Å². The highest BCUT2D eigenvalue weighted by Crippen LogP contribution is 2.24. The minimum atomic E-state index is -0.463. The van der Waals surface area contributed by atoms with Crippen LogP contribution >= 0.6 is 0 Å². The normalized spacial score (nSPS) is 12.5. The van der Waals surface area contributed by atoms with Gasteiger partial charge in [-0.1, -0.05) is 6.92 Å². The van der Waals surface area contributed by atoms with Crippen LogP contribution in [0.3, 0.4) is 0 Å². The Morgan fingerprint density at radius 3 is 3.00 bits per heavy atom. The average Bonchev–Trinajstić information content (AvgIpc) is 2.79. The van der Waals surface area contributed by atoms with E-state index in [4.69, 9.17) is 9.15 Å². The maximum Gasteiger partial charge on any atom is 0.295 e. The number of hydrogen-bond acceptors (Lipinski definition) is 6. The Hall–Kier alpha value is -2.15. The molecule has 7 heteroatoms. The highest BCUT2D eigenvalue weighted by atomic mass is 16.6. The molecular formula is C12H15N3O4. The molecule has 0 radical (unpaired) electrons. The summed E-state index contributed by atoms with van der Waals surface area (Å²) in [6.45, 7) is 2.56. The van der Waals surface area contributed by atoms with Gasteiger partial charge < -0.3 is 14.5 Å². The first-order valence-electron chi connectivity index (χ1n) is 5.94. The van der Waals surface area contributed by atoms with E-state index in [1.54, 1.807) is 13.2 Å². The molecule has 102 valence electrons. The molecule has 7 nitrogen and oxygen atoms in total. The molecule has 0 fully saturated rings. The van der Waals surface area contributed by atoms with Crippen LogP contribution in [0.1, 0.15) is 13.3 Å². The second kappa shape index (κ2) is 5.66. The molecule has 0 amide bonds. The Bertz CT molecular complexity index is 581. The van der Waals surface area contributed by atoms with Crippen molar-refractivity contribution in [3.63, 3.8) is 0 Å². The van der Waals surface area contributed by atoms with Crippen LogP contribution in [0.15, 0.2) is 22.6 Å². The predicted octanol–water partition coefficient (Wildman–Crippen LogP) is 2.57. The average molecular weight is 265 g/mol.